The zero-order valence-electron chi connectivity index (χ0n) is 12.2. The van der Waals surface area contributed by atoms with Gasteiger partial charge in [-0.05, 0) is 37.9 Å². The molecule has 1 atom stereocenters. The third-order valence-corrected chi connectivity index (χ3v) is 5.11. The molecule has 20 heavy (non-hydrogen) atoms. The maximum absolute atomic E-state index is 4.83. The summed E-state index contributed by atoms with van der Waals surface area (Å²) < 4.78 is 1.14. The molecule has 1 N–H and O–H groups in total. The number of aryl methyl sites for hydroxylation is 2. The van der Waals surface area contributed by atoms with E-state index in [0.717, 1.165) is 23.9 Å². The van der Waals surface area contributed by atoms with Crippen molar-refractivity contribution in [1.29, 1.82) is 0 Å². The van der Waals surface area contributed by atoms with Crippen molar-refractivity contribution in [3.63, 3.8) is 0 Å². The molecule has 0 spiro atoms. The number of hydrogen-bond donors (Lipinski definition) is 1. The number of thiazole rings is 1. The Hall–Kier alpha value is -0.710. The number of nitrogens with zero attached hydrogens (tertiary/aromatic N) is 1. The van der Waals surface area contributed by atoms with Crippen LogP contribution in [-0.4, -0.2) is 11.5 Å². The lowest BCUT2D eigenvalue weighted by molar-refractivity contribution is 0.593. The summed E-state index contributed by atoms with van der Waals surface area (Å²) in [7, 11) is 0. The van der Waals surface area contributed by atoms with Crippen molar-refractivity contribution in [2.45, 2.75) is 39.7 Å². The summed E-state index contributed by atoms with van der Waals surface area (Å²) in [6, 6.07) is 8.57. The monoisotopic (exact) mass is 352 g/mol. The first-order valence-corrected chi connectivity index (χ1v) is 8.72. The van der Waals surface area contributed by atoms with Gasteiger partial charge in [0, 0.05) is 9.35 Å². The third-order valence-electron chi connectivity index (χ3n) is 3.31. The summed E-state index contributed by atoms with van der Waals surface area (Å²) in [6.07, 6.45) is 2.12. The minimum absolute atomic E-state index is 0.175. The Labute approximate surface area is 133 Å². The van der Waals surface area contributed by atoms with Crippen molar-refractivity contribution in [1.82, 2.24) is 10.3 Å². The van der Waals surface area contributed by atoms with Crippen molar-refractivity contribution >= 4 is 27.3 Å². The third kappa shape index (κ3) is 3.48. The molecule has 2 rings (SSSR count). The first-order chi connectivity index (χ1) is 9.67. The lowest BCUT2D eigenvalue weighted by Crippen LogP contribution is -2.23. The largest absolute Gasteiger partial charge is 0.304 e. The molecule has 0 aliphatic rings. The first-order valence-electron chi connectivity index (χ1n) is 7.11. The minimum atomic E-state index is 0.175. The summed E-state index contributed by atoms with van der Waals surface area (Å²) >= 11 is 5.47. The van der Waals surface area contributed by atoms with E-state index in [1.807, 2.05) is 0 Å². The van der Waals surface area contributed by atoms with Gasteiger partial charge in [-0.15, -0.1) is 11.3 Å². The van der Waals surface area contributed by atoms with Crippen LogP contribution in [0.4, 0.5) is 0 Å². The van der Waals surface area contributed by atoms with E-state index in [1.54, 1.807) is 11.3 Å². The summed E-state index contributed by atoms with van der Waals surface area (Å²) in [5.41, 5.74) is 2.48. The highest BCUT2D eigenvalue weighted by Crippen LogP contribution is 2.32. The molecule has 0 bridgehead atoms. The van der Waals surface area contributed by atoms with Gasteiger partial charge in [-0.25, -0.2) is 4.98 Å². The quantitative estimate of drug-likeness (QED) is 0.802. The van der Waals surface area contributed by atoms with Crippen LogP contribution >= 0.6 is 27.3 Å². The molecule has 0 fully saturated rings. The van der Waals surface area contributed by atoms with Gasteiger partial charge in [0.05, 0.1) is 11.7 Å². The number of rotatable bonds is 6. The molecule has 4 heteroatoms. The van der Waals surface area contributed by atoms with Gasteiger partial charge in [0.1, 0.15) is 5.01 Å². The fourth-order valence-electron chi connectivity index (χ4n) is 2.23. The summed E-state index contributed by atoms with van der Waals surface area (Å²) in [5.74, 6) is 0. The van der Waals surface area contributed by atoms with Gasteiger partial charge in [-0.2, -0.15) is 0 Å². The number of nitrogens with one attached hydrogen (secondary N) is 1. The fraction of sp³-hybridized carbons (Fsp3) is 0.438. The maximum atomic E-state index is 4.83. The maximum Gasteiger partial charge on any atom is 0.115 e. The van der Waals surface area contributed by atoms with Crippen molar-refractivity contribution in [2.75, 3.05) is 6.54 Å². The Kier molecular flexibility index (Phi) is 5.75. The lowest BCUT2D eigenvalue weighted by atomic mass is 10.1. The molecule has 1 aromatic heterocycles. The Morgan fingerprint density at radius 2 is 2.05 bits per heavy atom. The van der Waals surface area contributed by atoms with E-state index in [4.69, 9.17) is 4.98 Å². The number of halogens is 1. The highest BCUT2D eigenvalue weighted by molar-refractivity contribution is 9.10. The molecule has 0 aliphatic heterocycles. The van der Waals surface area contributed by atoms with E-state index in [0.29, 0.717) is 0 Å². The SMILES string of the molecule is CCCNC(c1nc(CC)c(C)s1)c1ccccc1Br. The zero-order chi connectivity index (χ0) is 14.5. The van der Waals surface area contributed by atoms with Crippen LogP contribution in [-0.2, 0) is 6.42 Å². The predicted molar refractivity (Wildman–Crippen MR) is 90.5 cm³/mol. The molecule has 1 heterocycles. The van der Waals surface area contributed by atoms with E-state index in [-0.39, 0.29) is 6.04 Å². The van der Waals surface area contributed by atoms with Crippen LogP contribution < -0.4 is 5.32 Å². The van der Waals surface area contributed by atoms with Crippen LogP contribution in [0.1, 0.15) is 47.5 Å². The highest BCUT2D eigenvalue weighted by atomic mass is 79.9. The molecule has 0 saturated carbocycles. The van der Waals surface area contributed by atoms with E-state index in [1.165, 1.54) is 21.1 Å². The topological polar surface area (TPSA) is 24.9 Å². The highest BCUT2D eigenvalue weighted by Gasteiger charge is 2.20. The molecule has 2 aromatic rings. The average molecular weight is 353 g/mol. The summed E-state index contributed by atoms with van der Waals surface area (Å²) in [4.78, 5) is 6.17. The fourth-order valence-corrected chi connectivity index (χ4v) is 3.85. The average Bonchev–Trinajstić information content (AvgIpc) is 2.82. The van der Waals surface area contributed by atoms with Gasteiger partial charge in [0.25, 0.3) is 0 Å². The van der Waals surface area contributed by atoms with Crippen LogP contribution in [0, 0.1) is 6.92 Å². The second kappa shape index (κ2) is 7.34. The number of aromatic nitrogens is 1. The van der Waals surface area contributed by atoms with Gasteiger partial charge in [-0.3, -0.25) is 0 Å². The lowest BCUT2D eigenvalue weighted by Gasteiger charge is -2.18. The van der Waals surface area contributed by atoms with E-state index in [2.05, 4.69) is 66.3 Å². The van der Waals surface area contributed by atoms with Crippen LogP contribution in [0.2, 0.25) is 0 Å². The smallest absolute Gasteiger partial charge is 0.115 e. The van der Waals surface area contributed by atoms with Gasteiger partial charge >= 0.3 is 0 Å². The Morgan fingerprint density at radius 1 is 1.30 bits per heavy atom. The van der Waals surface area contributed by atoms with Crippen LogP contribution in [0.15, 0.2) is 28.7 Å². The van der Waals surface area contributed by atoms with Crippen molar-refractivity contribution in [2.24, 2.45) is 0 Å². The molecule has 108 valence electrons. The van der Waals surface area contributed by atoms with Crippen molar-refractivity contribution < 1.29 is 0 Å². The van der Waals surface area contributed by atoms with Gasteiger partial charge < -0.3 is 5.32 Å². The Morgan fingerprint density at radius 3 is 2.65 bits per heavy atom. The predicted octanol–water partition coefficient (Wildman–Crippen LogP) is 4.87. The van der Waals surface area contributed by atoms with E-state index >= 15 is 0 Å². The summed E-state index contributed by atoms with van der Waals surface area (Å²) in [5, 5.41) is 4.79. The normalized spacial score (nSPS) is 12.6. The molecule has 0 aliphatic carbocycles. The molecule has 1 aromatic carbocycles. The number of hydrogen-bond acceptors (Lipinski definition) is 3. The Balaban J connectivity index is 2.39. The second-order valence-electron chi connectivity index (χ2n) is 4.82. The van der Waals surface area contributed by atoms with E-state index < -0.39 is 0 Å². The first kappa shape index (κ1) is 15.7. The van der Waals surface area contributed by atoms with Gasteiger partial charge in [0.2, 0.25) is 0 Å². The zero-order valence-corrected chi connectivity index (χ0v) is 14.6. The van der Waals surface area contributed by atoms with Crippen LogP contribution in [0.3, 0.4) is 0 Å². The minimum Gasteiger partial charge on any atom is -0.304 e. The molecule has 2 nitrogen and oxygen atoms in total. The standard InChI is InChI=1S/C16H21BrN2S/c1-4-10-18-15(12-8-6-7-9-13(12)17)16-19-14(5-2)11(3)20-16/h6-9,15,18H,4-5,10H2,1-3H3. The molecule has 0 amide bonds. The number of benzene rings is 1. The van der Waals surface area contributed by atoms with Crippen LogP contribution in [0.5, 0.6) is 0 Å². The molecular formula is C16H21BrN2S. The van der Waals surface area contributed by atoms with Gasteiger partial charge in [0.15, 0.2) is 0 Å². The molecule has 0 radical (unpaired) electrons. The van der Waals surface area contributed by atoms with E-state index in [9.17, 15) is 0 Å². The molecular weight excluding hydrogens is 332 g/mol. The van der Waals surface area contributed by atoms with Crippen molar-refractivity contribution in [3.8, 4) is 0 Å². The van der Waals surface area contributed by atoms with Crippen LogP contribution in [0.25, 0.3) is 0 Å². The van der Waals surface area contributed by atoms with Crippen molar-refractivity contribution in [3.05, 3.63) is 49.9 Å². The molecule has 1 unspecified atom stereocenters. The van der Waals surface area contributed by atoms with Gasteiger partial charge in [-0.1, -0.05) is 48.0 Å². The molecule has 0 saturated heterocycles. The second-order valence-corrected chi connectivity index (χ2v) is 6.91. The Bertz CT molecular complexity index is 565. The summed E-state index contributed by atoms with van der Waals surface area (Å²) in [6.45, 7) is 7.51.